The van der Waals surface area contributed by atoms with Crippen LogP contribution in [0.1, 0.15) is 46.8 Å². The van der Waals surface area contributed by atoms with Crippen molar-refractivity contribution in [3.63, 3.8) is 0 Å². The molecule has 3 aromatic rings. The van der Waals surface area contributed by atoms with E-state index in [1.165, 1.54) is 0 Å². The summed E-state index contributed by atoms with van der Waals surface area (Å²) < 4.78 is 0. The van der Waals surface area contributed by atoms with Gasteiger partial charge in [-0.1, -0.05) is 60.1 Å². The van der Waals surface area contributed by atoms with E-state index in [4.69, 9.17) is 11.6 Å². The fraction of sp³-hybridized carbons (Fsp3) is 0.231. The molecule has 0 aliphatic carbocycles. The van der Waals surface area contributed by atoms with Crippen LogP contribution in [0.25, 0.3) is 11.1 Å². The second-order valence-electron chi connectivity index (χ2n) is 8.57. The molecule has 0 spiro atoms. The molecule has 5 heteroatoms. The van der Waals surface area contributed by atoms with Crippen molar-refractivity contribution in [1.82, 2.24) is 4.90 Å². The van der Waals surface area contributed by atoms with Crippen molar-refractivity contribution in [3.8, 4) is 11.1 Å². The molecule has 0 saturated heterocycles. The highest BCUT2D eigenvalue weighted by Crippen LogP contribution is 2.43. The molecule has 4 rings (SSSR count). The van der Waals surface area contributed by atoms with Crippen molar-refractivity contribution in [2.45, 2.75) is 38.8 Å². The van der Waals surface area contributed by atoms with Crippen LogP contribution in [0.15, 0.2) is 66.7 Å². The first-order valence-corrected chi connectivity index (χ1v) is 10.6. The summed E-state index contributed by atoms with van der Waals surface area (Å²) in [5.74, 6) is -1.96. The zero-order valence-corrected chi connectivity index (χ0v) is 18.5. The summed E-state index contributed by atoms with van der Waals surface area (Å²) >= 11 is 6.15. The molecule has 0 bridgehead atoms. The number of aryl methyl sites for hydroxylation is 1. The minimum absolute atomic E-state index is 0.162. The Kier molecular flexibility index (Phi) is 5.36. The minimum atomic E-state index is -0.943. The molecule has 1 N–H and O–H groups in total. The number of rotatable bonds is 4. The van der Waals surface area contributed by atoms with Crippen LogP contribution in [0.3, 0.4) is 0 Å². The number of carboxylic acids is 1. The Labute approximate surface area is 187 Å². The van der Waals surface area contributed by atoms with E-state index in [2.05, 4.69) is 0 Å². The molecule has 1 aliphatic heterocycles. The lowest BCUT2D eigenvalue weighted by Gasteiger charge is -2.47. The van der Waals surface area contributed by atoms with Gasteiger partial charge in [-0.05, 0) is 66.8 Å². The van der Waals surface area contributed by atoms with Gasteiger partial charge in [-0.15, -0.1) is 0 Å². The van der Waals surface area contributed by atoms with Gasteiger partial charge in [-0.3, -0.25) is 9.59 Å². The molecule has 0 saturated carbocycles. The molecule has 0 aromatic heterocycles. The van der Waals surface area contributed by atoms with Crippen molar-refractivity contribution in [2.24, 2.45) is 0 Å². The second-order valence-corrected chi connectivity index (χ2v) is 8.98. The second kappa shape index (κ2) is 7.86. The third kappa shape index (κ3) is 3.72. The average molecular weight is 434 g/mol. The first-order chi connectivity index (χ1) is 14.7. The molecule has 1 amide bonds. The van der Waals surface area contributed by atoms with Crippen LogP contribution in [-0.4, -0.2) is 27.4 Å². The summed E-state index contributed by atoms with van der Waals surface area (Å²) in [4.78, 5) is 27.6. The van der Waals surface area contributed by atoms with E-state index in [9.17, 15) is 14.7 Å². The molecule has 1 atom stereocenters. The molecule has 1 heterocycles. The van der Waals surface area contributed by atoms with Gasteiger partial charge >= 0.3 is 5.97 Å². The van der Waals surface area contributed by atoms with Crippen LogP contribution in [0.4, 0.5) is 0 Å². The number of halogens is 1. The Morgan fingerprint density at radius 2 is 1.74 bits per heavy atom. The van der Waals surface area contributed by atoms with Gasteiger partial charge in [0, 0.05) is 17.1 Å². The van der Waals surface area contributed by atoms with Gasteiger partial charge in [-0.25, -0.2) is 0 Å². The quantitative estimate of drug-likeness (QED) is 0.555. The normalized spacial score (nSPS) is 17.4. The van der Waals surface area contributed by atoms with Gasteiger partial charge in [0.15, 0.2) is 0 Å². The summed E-state index contributed by atoms with van der Waals surface area (Å²) in [5, 5.41) is 10.8. The fourth-order valence-corrected chi connectivity index (χ4v) is 4.57. The molecule has 1 aliphatic rings. The maximum absolute atomic E-state index is 13.5. The summed E-state index contributed by atoms with van der Waals surface area (Å²) in [6.45, 7) is 5.87. The predicted molar refractivity (Wildman–Crippen MR) is 122 cm³/mol. The highest BCUT2D eigenvalue weighted by Gasteiger charge is 2.49. The first kappa shape index (κ1) is 21.1. The van der Waals surface area contributed by atoms with Crippen LogP contribution < -0.4 is 0 Å². The number of hydrogen-bond acceptors (Lipinski definition) is 2. The number of fused-ring (bicyclic) bond motifs is 1. The molecular weight excluding hydrogens is 410 g/mol. The third-order valence-corrected chi connectivity index (χ3v) is 6.58. The van der Waals surface area contributed by atoms with Gasteiger partial charge in [0.25, 0.3) is 5.91 Å². The summed E-state index contributed by atoms with van der Waals surface area (Å²) in [6, 6.07) is 20.9. The molecule has 1 unspecified atom stereocenters. The summed E-state index contributed by atoms with van der Waals surface area (Å²) in [5.41, 5.74) is 3.80. The molecule has 31 heavy (non-hydrogen) atoms. The van der Waals surface area contributed by atoms with E-state index >= 15 is 0 Å². The lowest BCUT2D eigenvalue weighted by atomic mass is 9.74. The van der Waals surface area contributed by atoms with Crippen molar-refractivity contribution >= 4 is 23.5 Å². The van der Waals surface area contributed by atoms with E-state index < -0.39 is 17.4 Å². The monoisotopic (exact) mass is 433 g/mol. The molecule has 4 nitrogen and oxygen atoms in total. The standard InChI is InChI=1S/C26H24ClNO3/c1-16-13-17(9-12-22(16)27)15-28-24(29)20-11-10-19(18-7-5-4-6-8-18)14-21(20)23(25(30)31)26(28,2)3/h4-14,23H,15H2,1-3H3,(H,30,31). The Bertz CT molecular complexity index is 1170. The molecule has 0 fully saturated rings. The molecule has 158 valence electrons. The molecule has 3 aromatic carbocycles. The Hall–Kier alpha value is -3.11. The van der Waals surface area contributed by atoms with Crippen LogP contribution in [0.2, 0.25) is 5.02 Å². The molecule has 0 radical (unpaired) electrons. The van der Waals surface area contributed by atoms with Crippen LogP contribution in [0.5, 0.6) is 0 Å². The Morgan fingerprint density at radius 3 is 2.39 bits per heavy atom. The number of hydrogen-bond donors (Lipinski definition) is 1. The topological polar surface area (TPSA) is 57.6 Å². The fourth-order valence-electron chi connectivity index (χ4n) is 4.45. The summed E-state index contributed by atoms with van der Waals surface area (Å²) in [6.07, 6.45) is 0. The Balaban J connectivity index is 1.81. The average Bonchev–Trinajstić information content (AvgIpc) is 2.73. The highest BCUT2D eigenvalue weighted by atomic mass is 35.5. The molecular formula is C26H24ClNO3. The van der Waals surface area contributed by atoms with E-state index in [0.29, 0.717) is 22.7 Å². The van der Waals surface area contributed by atoms with Crippen LogP contribution in [0, 0.1) is 6.92 Å². The van der Waals surface area contributed by atoms with Gasteiger partial charge in [0.2, 0.25) is 0 Å². The van der Waals surface area contributed by atoms with Gasteiger partial charge in [0.1, 0.15) is 5.92 Å². The number of carboxylic acid groups (broad SMARTS) is 1. The van der Waals surface area contributed by atoms with Gasteiger partial charge < -0.3 is 10.0 Å². The van der Waals surface area contributed by atoms with Crippen molar-refractivity contribution in [1.29, 1.82) is 0 Å². The van der Waals surface area contributed by atoms with Gasteiger partial charge in [-0.2, -0.15) is 0 Å². The van der Waals surface area contributed by atoms with Crippen molar-refractivity contribution < 1.29 is 14.7 Å². The van der Waals surface area contributed by atoms with E-state index in [1.807, 2.05) is 81.4 Å². The van der Waals surface area contributed by atoms with E-state index in [1.54, 1.807) is 11.0 Å². The highest BCUT2D eigenvalue weighted by molar-refractivity contribution is 6.31. The number of nitrogens with zero attached hydrogens (tertiary/aromatic N) is 1. The number of benzene rings is 3. The number of aliphatic carboxylic acids is 1. The number of carbonyl (C=O) groups excluding carboxylic acids is 1. The maximum atomic E-state index is 13.5. The third-order valence-electron chi connectivity index (χ3n) is 6.16. The first-order valence-electron chi connectivity index (χ1n) is 10.2. The maximum Gasteiger partial charge on any atom is 0.313 e. The Morgan fingerprint density at radius 1 is 1.03 bits per heavy atom. The van der Waals surface area contributed by atoms with Crippen molar-refractivity contribution in [2.75, 3.05) is 0 Å². The van der Waals surface area contributed by atoms with E-state index in [-0.39, 0.29) is 5.91 Å². The zero-order valence-electron chi connectivity index (χ0n) is 17.7. The lowest BCUT2D eigenvalue weighted by Crippen LogP contribution is -2.56. The zero-order chi connectivity index (χ0) is 22.3. The SMILES string of the molecule is Cc1cc(CN2C(=O)c3ccc(-c4ccccc4)cc3C(C(=O)O)C2(C)C)ccc1Cl. The lowest BCUT2D eigenvalue weighted by molar-refractivity contribution is -0.142. The van der Waals surface area contributed by atoms with Crippen LogP contribution >= 0.6 is 11.6 Å². The largest absolute Gasteiger partial charge is 0.481 e. The smallest absolute Gasteiger partial charge is 0.313 e. The van der Waals surface area contributed by atoms with Gasteiger partial charge in [0.05, 0.1) is 5.54 Å². The summed E-state index contributed by atoms with van der Waals surface area (Å²) in [7, 11) is 0. The predicted octanol–water partition coefficient (Wildman–Crippen LogP) is 5.92. The number of amides is 1. The minimum Gasteiger partial charge on any atom is -0.481 e. The number of carbonyl (C=O) groups is 2. The van der Waals surface area contributed by atoms with Crippen LogP contribution in [-0.2, 0) is 11.3 Å². The van der Waals surface area contributed by atoms with Crippen molar-refractivity contribution in [3.05, 3.63) is 94.0 Å². The van der Waals surface area contributed by atoms with E-state index in [0.717, 1.165) is 22.3 Å².